The van der Waals surface area contributed by atoms with E-state index < -0.39 is 0 Å². The summed E-state index contributed by atoms with van der Waals surface area (Å²) in [7, 11) is 0. The minimum absolute atomic E-state index is 0.451. The van der Waals surface area contributed by atoms with Gasteiger partial charge in [0.05, 0.1) is 0 Å². The van der Waals surface area contributed by atoms with Crippen molar-refractivity contribution in [1.29, 1.82) is 0 Å². The van der Waals surface area contributed by atoms with Crippen LogP contribution in [0, 0.1) is 17.8 Å². The summed E-state index contributed by atoms with van der Waals surface area (Å²) >= 11 is 0. The third-order valence-corrected chi connectivity index (χ3v) is 3.96. The summed E-state index contributed by atoms with van der Waals surface area (Å²) in [5.74, 6) is 2.48. The zero-order valence-electron chi connectivity index (χ0n) is 8.86. The Morgan fingerprint density at radius 2 is 2.00 bits per heavy atom. The lowest BCUT2D eigenvalue weighted by molar-refractivity contribution is -0.122. The minimum Gasteiger partial charge on any atom is -0.299 e. The average molecular weight is 200 g/mol. The van der Waals surface area contributed by atoms with Gasteiger partial charge in [-0.1, -0.05) is 30.3 Å². The quantitative estimate of drug-likeness (QED) is 0.717. The van der Waals surface area contributed by atoms with E-state index in [1.54, 1.807) is 0 Å². The fourth-order valence-electron chi connectivity index (χ4n) is 3.00. The first-order valence-corrected chi connectivity index (χ1v) is 5.91. The van der Waals surface area contributed by atoms with Crippen LogP contribution in [0.5, 0.6) is 0 Å². The van der Waals surface area contributed by atoms with Gasteiger partial charge < -0.3 is 0 Å². The van der Waals surface area contributed by atoms with E-state index in [1.807, 2.05) is 0 Å². The Morgan fingerprint density at radius 1 is 1.20 bits per heavy atom. The van der Waals surface area contributed by atoms with Crippen molar-refractivity contribution < 1.29 is 4.79 Å². The Morgan fingerprint density at radius 3 is 2.80 bits per heavy atom. The monoisotopic (exact) mass is 200 g/mol. The molecule has 0 amide bonds. The molecule has 2 aliphatic carbocycles. The normalized spacial score (nSPS) is 33.6. The van der Waals surface area contributed by atoms with Gasteiger partial charge in [0, 0.05) is 12.3 Å². The summed E-state index contributed by atoms with van der Waals surface area (Å²) < 4.78 is 0. The summed E-state index contributed by atoms with van der Waals surface area (Å²) in [5.41, 5.74) is 1.43. The SMILES string of the molecule is O=C1CCC(Cc2ccccc2)C2CC12. The van der Waals surface area contributed by atoms with Gasteiger partial charge in [-0.2, -0.15) is 0 Å². The molecule has 3 atom stereocenters. The highest BCUT2D eigenvalue weighted by atomic mass is 16.1. The topological polar surface area (TPSA) is 17.1 Å². The molecule has 2 fully saturated rings. The van der Waals surface area contributed by atoms with Gasteiger partial charge in [0.15, 0.2) is 0 Å². The van der Waals surface area contributed by atoms with E-state index in [0.29, 0.717) is 11.7 Å². The molecule has 1 aromatic rings. The molecule has 1 aromatic carbocycles. The van der Waals surface area contributed by atoms with Crippen molar-refractivity contribution in [3.63, 3.8) is 0 Å². The average Bonchev–Trinajstić information content (AvgIpc) is 3.05. The van der Waals surface area contributed by atoms with Gasteiger partial charge in [-0.3, -0.25) is 4.79 Å². The van der Waals surface area contributed by atoms with Crippen LogP contribution in [0.3, 0.4) is 0 Å². The molecule has 3 unspecified atom stereocenters. The van der Waals surface area contributed by atoms with Gasteiger partial charge in [0.25, 0.3) is 0 Å². The molecule has 78 valence electrons. The van der Waals surface area contributed by atoms with Crippen LogP contribution in [0.15, 0.2) is 30.3 Å². The molecule has 3 rings (SSSR count). The molecule has 2 aliphatic rings. The van der Waals surface area contributed by atoms with E-state index in [-0.39, 0.29) is 0 Å². The molecule has 0 saturated heterocycles. The van der Waals surface area contributed by atoms with Gasteiger partial charge in [-0.05, 0) is 36.7 Å². The number of hydrogen-bond acceptors (Lipinski definition) is 1. The Bertz CT molecular complexity index is 368. The molecule has 0 heterocycles. The highest BCUT2D eigenvalue weighted by molar-refractivity contribution is 5.84. The maximum Gasteiger partial charge on any atom is 0.136 e. The van der Waals surface area contributed by atoms with Crippen LogP contribution in [0.1, 0.15) is 24.8 Å². The molecular formula is C14H16O. The van der Waals surface area contributed by atoms with Crippen LogP contribution < -0.4 is 0 Å². The standard InChI is InChI=1S/C14H16O/c15-14-7-6-11(12-9-13(12)14)8-10-4-2-1-3-5-10/h1-5,11-13H,6-9H2. The van der Waals surface area contributed by atoms with Crippen LogP contribution in [0.2, 0.25) is 0 Å². The predicted molar refractivity (Wildman–Crippen MR) is 59.5 cm³/mol. The Labute approximate surface area is 90.5 Å². The first-order chi connectivity index (χ1) is 7.34. The highest BCUT2D eigenvalue weighted by Gasteiger charge is 2.49. The zero-order valence-corrected chi connectivity index (χ0v) is 8.86. The van der Waals surface area contributed by atoms with Gasteiger partial charge in [0.2, 0.25) is 0 Å². The number of rotatable bonds is 2. The van der Waals surface area contributed by atoms with E-state index in [2.05, 4.69) is 30.3 Å². The summed E-state index contributed by atoms with van der Waals surface area (Å²) in [5, 5.41) is 0. The Balaban J connectivity index is 1.68. The summed E-state index contributed by atoms with van der Waals surface area (Å²) in [6.45, 7) is 0. The molecule has 0 N–H and O–H groups in total. The van der Waals surface area contributed by atoms with Crippen molar-refractivity contribution in [3.8, 4) is 0 Å². The van der Waals surface area contributed by atoms with Crippen molar-refractivity contribution in [3.05, 3.63) is 35.9 Å². The van der Waals surface area contributed by atoms with Crippen LogP contribution in [0.25, 0.3) is 0 Å². The number of hydrogen-bond donors (Lipinski definition) is 0. The predicted octanol–water partition coefficient (Wildman–Crippen LogP) is 2.84. The molecule has 2 saturated carbocycles. The van der Waals surface area contributed by atoms with Crippen LogP contribution in [-0.4, -0.2) is 5.78 Å². The van der Waals surface area contributed by atoms with Crippen LogP contribution >= 0.6 is 0 Å². The molecule has 1 nitrogen and oxygen atoms in total. The zero-order chi connectivity index (χ0) is 10.3. The summed E-state index contributed by atoms with van der Waals surface area (Å²) in [6.07, 6.45) is 4.30. The van der Waals surface area contributed by atoms with Crippen molar-refractivity contribution in [2.75, 3.05) is 0 Å². The first-order valence-electron chi connectivity index (χ1n) is 5.91. The lowest BCUT2D eigenvalue weighted by Crippen LogP contribution is -2.19. The third kappa shape index (κ3) is 1.71. The molecule has 1 heteroatoms. The summed E-state index contributed by atoms with van der Waals surface area (Å²) in [4.78, 5) is 11.4. The maximum atomic E-state index is 11.4. The van der Waals surface area contributed by atoms with Crippen molar-refractivity contribution >= 4 is 5.78 Å². The van der Waals surface area contributed by atoms with Gasteiger partial charge >= 0.3 is 0 Å². The van der Waals surface area contributed by atoms with Gasteiger partial charge in [-0.15, -0.1) is 0 Å². The lowest BCUT2D eigenvalue weighted by atomic mass is 9.84. The Kier molecular flexibility index (Phi) is 2.12. The lowest BCUT2D eigenvalue weighted by Gasteiger charge is -2.20. The largest absolute Gasteiger partial charge is 0.299 e. The number of carbonyl (C=O) groups is 1. The first kappa shape index (κ1) is 9.14. The molecule has 0 aromatic heterocycles. The van der Waals surface area contributed by atoms with E-state index in [4.69, 9.17) is 0 Å². The van der Waals surface area contributed by atoms with E-state index >= 15 is 0 Å². The second-order valence-corrected chi connectivity index (χ2v) is 4.96. The van der Waals surface area contributed by atoms with E-state index in [1.165, 1.54) is 18.4 Å². The number of fused-ring (bicyclic) bond motifs is 1. The molecular weight excluding hydrogens is 184 g/mol. The second-order valence-electron chi connectivity index (χ2n) is 4.96. The van der Waals surface area contributed by atoms with Gasteiger partial charge in [-0.25, -0.2) is 0 Å². The highest BCUT2D eigenvalue weighted by Crippen LogP contribution is 2.51. The maximum absolute atomic E-state index is 11.4. The molecule has 0 bridgehead atoms. The number of carbonyl (C=O) groups excluding carboxylic acids is 1. The molecule has 15 heavy (non-hydrogen) atoms. The molecule has 0 spiro atoms. The number of ketones is 1. The van der Waals surface area contributed by atoms with Crippen molar-refractivity contribution in [2.45, 2.75) is 25.7 Å². The van der Waals surface area contributed by atoms with Crippen LogP contribution in [0.4, 0.5) is 0 Å². The van der Waals surface area contributed by atoms with Crippen molar-refractivity contribution in [1.82, 2.24) is 0 Å². The van der Waals surface area contributed by atoms with E-state index in [0.717, 1.165) is 24.7 Å². The number of benzene rings is 1. The van der Waals surface area contributed by atoms with Gasteiger partial charge in [0.1, 0.15) is 5.78 Å². The fourth-order valence-corrected chi connectivity index (χ4v) is 3.00. The van der Waals surface area contributed by atoms with Crippen molar-refractivity contribution in [2.24, 2.45) is 17.8 Å². The van der Waals surface area contributed by atoms with E-state index in [9.17, 15) is 4.79 Å². The molecule has 0 radical (unpaired) electrons. The fraction of sp³-hybridized carbons (Fsp3) is 0.500. The second kappa shape index (κ2) is 3.48. The third-order valence-electron chi connectivity index (χ3n) is 3.96. The smallest absolute Gasteiger partial charge is 0.136 e. The molecule has 0 aliphatic heterocycles. The minimum atomic E-state index is 0.451. The summed E-state index contributed by atoms with van der Waals surface area (Å²) in [6, 6.07) is 10.7. The Hall–Kier alpha value is -1.11. The number of Topliss-reactive ketones (excluding diaryl/α,β-unsaturated/α-hetero) is 1. The van der Waals surface area contributed by atoms with Crippen LogP contribution in [-0.2, 0) is 11.2 Å².